The molecule has 0 spiro atoms. The van der Waals surface area contributed by atoms with Crippen LogP contribution in [0.1, 0.15) is 15.9 Å². The molecule has 98 valence electrons. The number of benzene rings is 1. The van der Waals surface area contributed by atoms with Crippen LogP contribution in [0.3, 0.4) is 0 Å². The molecule has 2 N–H and O–H groups in total. The summed E-state index contributed by atoms with van der Waals surface area (Å²) in [6, 6.07) is 5.25. The molecular formula is C13H10ClFN2O2. The van der Waals surface area contributed by atoms with Crippen molar-refractivity contribution in [3.63, 3.8) is 0 Å². The van der Waals surface area contributed by atoms with E-state index in [2.05, 4.69) is 10.3 Å². The quantitative estimate of drug-likeness (QED) is 0.831. The van der Waals surface area contributed by atoms with Gasteiger partial charge in [0.25, 0.3) is 5.91 Å². The Kier molecular flexibility index (Phi) is 3.66. The van der Waals surface area contributed by atoms with E-state index in [1.807, 2.05) is 0 Å². The molecule has 0 saturated carbocycles. The largest absolute Gasteiger partial charge is 0.507 e. The number of rotatable bonds is 2. The molecule has 0 aliphatic rings. The molecule has 0 bridgehead atoms. The highest BCUT2D eigenvalue weighted by Gasteiger charge is 2.16. The predicted octanol–water partition coefficient (Wildman–Crippen LogP) is 3.14. The van der Waals surface area contributed by atoms with Crippen LogP contribution in [0.4, 0.5) is 10.1 Å². The number of nitrogens with zero attached hydrogens (tertiary/aromatic N) is 1. The van der Waals surface area contributed by atoms with E-state index in [9.17, 15) is 14.3 Å². The van der Waals surface area contributed by atoms with Crippen LogP contribution in [0.25, 0.3) is 0 Å². The van der Waals surface area contributed by atoms with Crippen LogP contribution in [0, 0.1) is 12.7 Å². The monoisotopic (exact) mass is 280 g/mol. The molecule has 2 rings (SSSR count). The highest BCUT2D eigenvalue weighted by Crippen LogP contribution is 2.22. The lowest BCUT2D eigenvalue weighted by Gasteiger charge is -2.08. The SMILES string of the molecule is Cc1cc(NC(=O)c2c(O)cccc2F)cnc1Cl. The number of anilines is 1. The number of nitrogens with one attached hydrogen (secondary N) is 1. The minimum atomic E-state index is -0.795. The molecule has 0 aliphatic heterocycles. The molecule has 0 saturated heterocycles. The lowest BCUT2D eigenvalue weighted by Crippen LogP contribution is -2.14. The summed E-state index contributed by atoms with van der Waals surface area (Å²) < 4.78 is 13.5. The Morgan fingerprint density at radius 2 is 2.21 bits per heavy atom. The number of halogens is 2. The van der Waals surface area contributed by atoms with Gasteiger partial charge in [-0.25, -0.2) is 9.37 Å². The van der Waals surface area contributed by atoms with Crippen molar-refractivity contribution in [1.82, 2.24) is 4.98 Å². The van der Waals surface area contributed by atoms with Gasteiger partial charge in [-0.1, -0.05) is 17.7 Å². The van der Waals surface area contributed by atoms with Crippen molar-refractivity contribution in [2.24, 2.45) is 0 Å². The van der Waals surface area contributed by atoms with Crippen LogP contribution in [-0.2, 0) is 0 Å². The van der Waals surface area contributed by atoms with Crippen LogP contribution in [0.5, 0.6) is 5.75 Å². The molecule has 0 aliphatic carbocycles. The highest BCUT2D eigenvalue weighted by molar-refractivity contribution is 6.30. The van der Waals surface area contributed by atoms with Gasteiger partial charge in [-0.15, -0.1) is 0 Å². The summed E-state index contributed by atoms with van der Waals surface area (Å²) in [5.41, 5.74) is 0.641. The van der Waals surface area contributed by atoms with E-state index in [0.717, 1.165) is 6.07 Å². The molecule has 1 heterocycles. The zero-order valence-corrected chi connectivity index (χ0v) is 10.7. The number of carbonyl (C=O) groups excluding carboxylic acids is 1. The summed E-state index contributed by atoms with van der Waals surface area (Å²) in [4.78, 5) is 15.7. The number of amides is 1. The summed E-state index contributed by atoms with van der Waals surface area (Å²) in [7, 11) is 0. The first-order valence-electron chi connectivity index (χ1n) is 5.40. The van der Waals surface area contributed by atoms with E-state index < -0.39 is 23.0 Å². The van der Waals surface area contributed by atoms with Crippen molar-refractivity contribution in [3.8, 4) is 5.75 Å². The van der Waals surface area contributed by atoms with Gasteiger partial charge in [-0.3, -0.25) is 4.79 Å². The fourth-order valence-electron chi connectivity index (χ4n) is 1.56. The average Bonchev–Trinajstić information content (AvgIpc) is 2.33. The van der Waals surface area contributed by atoms with E-state index in [-0.39, 0.29) is 0 Å². The minimum absolute atomic E-state index is 0.326. The zero-order chi connectivity index (χ0) is 14.0. The first kappa shape index (κ1) is 13.3. The van der Waals surface area contributed by atoms with Crippen molar-refractivity contribution < 1.29 is 14.3 Å². The molecule has 0 fully saturated rings. The van der Waals surface area contributed by atoms with Crippen LogP contribution >= 0.6 is 11.6 Å². The number of aryl methyl sites for hydroxylation is 1. The fourth-order valence-corrected chi connectivity index (χ4v) is 1.66. The maximum atomic E-state index is 13.5. The second kappa shape index (κ2) is 5.24. The van der Waals surface area contributed by atoms with Crippen molar-refractivity contribution in [2.75, 3.05) is 5.32 Å². The maximum absolute atomic E-state index is 13.5. The summed E-state index contributed by atoms with van der Waals surface area (Å²) in [6.07, 6.45) is 1.35. The second-order valence-corrected chi connectivity index (χ2v) is 4.28. The summed E-state index contributed by atoms with van der Waals surface area (Å²) in [5.74, 6) is -1.97. The molecule has 0 radical (unpaired) electrons. The highest BCUT2D eigenvalue weighted by atomic mass is 35.5. The number of aromatic hydroxyl groups is 1. The molecule has 1 aromatic carbocycles. The smallest absolute Gasteiger partial charge is 0.262 e. The van der Waals surface area contributed by atoms with Crippen LogP contribution < -0.4 is 5.32 Å². The van der Waals surface area contributed by atoms with Gasteiger partial charge in [-0.2, -0.15) is 0 Å². The minimum Gasteiger partial charge on any atom is -0.507 e. The Labute approximate surface area is 113 Å². The number of phenols is 1. The molecule has 1 aromatic heterocycles. The Morgan fingerprint density at radius 1 is 1.47 bits per heavy atom. The molecular weight excluding hydrogens is 271 g/mol. The maximum Gasteiger partial charge on any atom is 0.262 e. The van der Waals surface area contributed by atoms with Gasteiger partial charge >= 0.3 is 0 Å². The Morgan fingerprint density at radius 3 is 2.84 bits per heavy atom. The third kappa shape index (κ3) is 2.82. The van der Waals surface area contributed by atoms with E-state index in [1.54, 1.807) is 13.0 Å². The fraction of sp³-hybridized carbons (Fsp3) is 0.0769. The lowest BCUT2D eigenvalue weighted by atomic mass is 10.1. The van der Waals surface area contributed by atoms with Crippen LogP contribution in [0.2, 0.25) is 5.15 Å². The van der Waals surface area contributed by atoms with Gasteiger partial charge in [0.15, 0.2) is 0 Å². The van der Waals surface area contributed by atoms with Gasteiger partial charge in [0.2, 0.25) is 0 Å². The van der Waals surface area contributed by atoms with Crippen molar-refractivity contribution in [1.29, 1.82) is 0 Å². The molecule has 2 aromatic rings. The van der Waals surface area contributed by atoms with Gasteiger partial charge in [0, 0.05) is 0 Å². The second-order valence-electron chi connectivity index (χ2n) is 3.92. The van der Waals surface area contributed by atoms with E-state index in [1.165, 1.54) is 18.3 Å². The number of phenolic OH excluding ortho intramolecular Hbond substituents is 1. The lowest BCUT2D eigenvalue weighted by molar-refractivity contribution is 0.102. The molecule has 6 heteroatoms. The normalized spacial score (nSPS) is 10.3. The van der Waals surface area contributed by atoms with Gasteiger partial charge in [0.05, 0.1) is 11.9 Å². The van der Waals surface area contributed by atoms with Gasteiger partial charge in [0.1, 0.15) is 22.3 Å². The summed E-state index contributed by atoms with van der Waals surface area (Å²) in [5, 5.41) is 12.3. The third-order valence-electron chi connectivity index (χ3n) is 2.49. The first-order valence-corrected chi connectivity index (χ1v) is 5.78. The summed E-state index contributed by atoms with van der Waals surface area (Å²) >= 11 is 5.76. The van der Waals surface area contributed by atoms with Gasteiger partial charge < -0.3 is 10.4 Å². The standard InChI is InChI=1S/C13H10ClFN2O2/c1-7-5-8(6-16-12(7)14)17-13(19)11-9(15)3-2-4-10(11)18/h2-6,18H,1H3,(H,17,19). The molecule has 1 amide bonds. The first-order chi connectivity index (χ1) is 8.99. The van der Waals surface area contributed by atoms with E-state index >= 15 is 0 Å². The van der Waals surface area contributed by atoms with E-state index in [0.29, 0.717) is 16.4 Å². The Balaban J connectivity index is 2.28. The number of hydrogen-bond donors (Lipinski definition) is 2. The van der Waals surface area contributed by atoms with Crippen LogP contribution in [0.15, 0.2) is 30.5 Å². The molecule has 0 atom stereocenters. The average molecular weight is 281 g/mol. The molecule has 19 heavy (non-hydrogen) atoms. The van der Waals surface area contributed by atoms with Gasteiger partial charge in [-0.05, 0) is 30.7 Å². The Bertz CT molecular complexity index is 626. The Hall–Kier alpha value is -2.14. The van der Waals surface area contributed by atoms with Crippen molar-refractivity contribution in [2.45, 2.75) is 6.92 Å². The number of hydrogen-bond acceptors (Lipinski definition) is 3. The molecule has 4 nitrogen and oxygen atoms in total. The predicted molar refractivity (Wildman–Crippen MR) is 70.0 cm³/mol. The van der Waals surface area contributed by atoms with Crippen LogP contribution in [-0.4, -0.2) is 16.0 Å². The third-order valence-corrected chi connectivity index (χ3v) is 2.89. The molecule has 0 unspecified atom stereocenters. The van der Waals surface area contributed by atoms with Crippen molar-refractivity contribution in [3.05, 3.63) is 52.6 Å². The van der Waals surface area contributed by atoms with Crippen molar-refractivity contribution >= 4 is 23.2 Å². The van der Waals surface area contributed by atoms with E-state index in [4.69, 9.17) is 11.6 Å². The number of aromatic nitrogens is 1. The number of carbonyl (C=O) groups is 1. The zero-order valence-electron chi connectivity index (χ0n) is 9.95. The number of pyridine rings is 1. The summed E-state index contributed by atoms with van der Waals surface area (Å²) in [6.45, 7) is 1.73. The topological polar surface area (TPSA) is 62.2 Å².